The van der Waals surface area contributed by atoms with E-state index in [0.717, 1.165) is 0 Å². The first kappa shape index (κ1) is 10.1. The van der Waals surface area contributed by atoms with Crippen LogP contribution in [0.15, 0.2) is 4.36 Å². The Labute approximate surface area is 47.0 Å². The van der Waals surface area contributed by atoms with E-state index >= 15 is 0 Å². The van der Waals surface area contributed by atoms with Gasteiger partial charge in [0.2, 0.25) is 0 Å². The van der Waals surface area contributed by atoms with Crippen molar-refractivity contribution in [2.24, 2.45) is 10.1 Å². The lowest BCUT2D eigenvalue weighted by molar-refractivity contribution is 0.257. The van der Waals surface area contributed by atoms with Crippen LogP contribution in [0.3, 0.4) is 0 Å². The summed E-state index contributed by atoms with van der Waals surface area (Å²) in [5.74, 6) is 0. The number of primary amides is 1. The second kappa shape index (κ2) is 4.22. The third-order valence-electron chi connectivity index (χ3n) is 0.165. The maximum Gasteiger partial charge on any atom is 0.353 e. The Morgan fingerprint density at radius 1 is 1.50 bits per heavy atom. The predicted molar refractivity (Wildman–Crippen MR) is 26.0 cm³/mol. The summed E-state index contributed by atoms with van der Waals surface area (Å²) < 4.78 is 21.0. The quantitative estimate of drug-likeness (QED) is 0.459. The van der Waals surface area contributed by atoms with E-state index < -0.39 is 16.5 Å². The maximum atomic E-state index is 9.47. The fraction of sp³-hybridized carbons (Fsp3) is 0. The van der Waals surface area contributed by atoms with E-state index in [4.69, 9.17) is 0 Å². The highest BCUT2D eigenvalue weighted by atomic mass is 32.2. The van der Waals surface area contributed by atoms with Gasteiger partial charge < -0.3 is 11.9 Å². The van der Waals surface area contributed by atoms with Gasteiger partial charge in [-0.15, -0.1) is 0 Å². The molecule has 0 aromatic rings. The molecule has 0 bridgehead atoms. The summed E-state index contributed by atoms with van der Waals surface area (Å²) in [6, 6.07) is -1.20. The summed E-state index contributed by atoms with van der Waals surface area (Å²) in [5, 5.41) is 0. The SMILES string of the molecule is N.NC(=O)N=S(=O)=O. The summed E-state index contributed by atoms with van der Waals surface area (Å²) >= 11 is 0. The molecule has 0 aliphatic carbocycles. The molecule has 0 fully saturated rings. The zero-order valence-corrected chi connectivity index (χ0v) is 4.68. The molecule has 0 saturated heterocycles. The van der Waals surface area contributed by atoms with Crippen LogP contribution in [0.4, 0.5) is 4.79 Å². The Morgan fingerprint density at radius 3 is 1.88 bits per heavy atom. The van der Waals surface area contributed by atoms with Crippen LogP contribution >= 0.6 is 0 Å². The minimum absolute atomic E-state index is 0. The van der Waals surface area contributed by atoms with Crippen LogP contribution in [0, 0.1) is 0 Å². The minimum Gasteiger partial charge on any atom is -0.349 e. The zero-order valence-electron chi connectivity index (χ0n) is 3.86. The van der Waals surface area contributed by atoms with E-state index in [1.54, 1.807) is 0 Å². The molecule has 0 heterocycles. The van der Waals surface area contributed by atoms with Gasteiger partial charge in [-0.05, 0) is 0 Å². The molecule has 8 heavy (non-hydrogen) atoms. The standard InChI is InChI=1S/CH2N2O3S.H3N/c2-1(4)3-7(5)6;/h(H2,2,4);1H3. The van der Waals surface area contributed by atoms with E-state index in [9.17, 15) is 13.2 Å². The number of rotatable bonds is 0. The van der Waals surface area contributed by atoms with Gasteiger partial charge in [-0.1, -0.05) is 4.36 Å². The van der Waals surface area contributed by atoms with E-state index in [-0.39, 0.29) is 6.15 Å². The minimum atomic E-state index is -2.70. The summed E-state index contributed by atoms with van der Waals surface area (Å²) in [6.07, 6.45) is 0. The lowest BCUT2D eigenvalue weighted by Crippen LogP contribution is -2.02. The van der Waals surface area contributed by atoms with Gasteiger partial charge >= 0.3 is 16.5 Å². The van der Waals surface area contributed by atoms with Crippen LogP contribution in [0.5, 0.6) is 0 Å². The number of carbonyl (C=O) groups excluding carboxylic acids is 1. The highest BCUT2D eigenvalue weighted by Crippen LogP contribution is 1.60. The first-order valence-corrected chi connectivity index (χ1v) is 2.26. The van der Waals surface area contributed by atoms with Gasteiger partial charge in [0.1, 0.15) is 0 Å². The van der Waals surface area contributed by atoms with Crippen molar-refractivity contribution in [3.05, 3.63) is 0 Å². The summed E-state index contributed by atoms with van der Waals surface area (Å²) in [4.78, 5) is 9.47. The average molecular weight is 139 g/mol. The zero-order chi connectivity index (χ0) is 5.86. The van der Waals surface area contributed by atoms with E-state index in [2.05, 4.69) is 10.1 Å². The molecule has 6 nitrogen and oxygen atoms in total. The Balaban J connectivity index is 0. The number of amides is 2. The van der Waals surface area contributed by atoms with Crippen molar-refractivity contribution in [3.63, 3.8) is 0 Å². The molecule has 0 aliphatic heterocycles. The van der Waals surface area contributed by atoms with Gasteiger partial charge in [0.05, 0.1) is 0 Å². The predicted octanol–water partition coefficient (Wildman–Crippen LogP) is -0.710. The monoisotopic (exact) mass is 139 g/mol. The van der Waals surface area contributed by atoms with E-state index in [1.165, 1.54) is 0 Å². The molecule has 2 amide bonds. The Morgan fingerprint density at radius 2 is 1.88 bits per heavy atom. The second-order valence-corrected chi connectivity index (χ2v) is 1.26. The van der Waals surface area contributed by atoms with Crippen molar-refractivity contribution in [1.82, 2.24) is 6.15 Å². The number of carbonyl (C=O) groups is 1. The van der Waals surface area contributed by atoms with E-state index in [1.807, 2.05) is 0 Å². The highest BCUT2D eigenvalue weighted by Gasteiger charge is 1.80. The molecule has 0 atom stereocenters. The Hall–Kier alpha value is -0.950. The van der Waals surface area contributed by atoms with Crippen LogP contribution in [-0.4, -0.2) is 14.4 Å². The third kappa shape index (κ3) is 8.90. The molecule has 0 aromatic carbocycles. The molecule has 0 spiro atoms. The number of urea groups is 1. The van der Waals surface area contributed by atoms with Crippen molar-refractivity contribution in [3.8, 4) is 0 Å². The molecular formula is CH5N3O3S. The fourth-order valence-corrected chi connectivity index (χ4v) is 0.220. The number of nitrogens with two attached hydrogens (primary N) is 1. The van der Waals surface area contributed by atoms with Crippen LogP contribution in [-0.2, 0) is 10.5 Å². The van der Waals surface area contributed by atoms with Crippen LogP contribution in [0.25, 0.3) is 0 Å². The van der Waals surface area contributed by atoms with Crippen molar-refractivity contribution in [2.75, 3.05) is 0 Å². The van der Waals surface area contributed by atoms with E-state index in [0.29, 0.717) is 0 Å². The van der Waals surface area contributed by atoms with Gasteiger partial charge in [-0.2, -0.15) is 8.42 Å². The largest absolute Gasteiger partial charge is 0.353 e. The normalized spacial score (nSPS) is 6.50. The Bertz CT molecular complexity index is 183. The van der Waals surface area contributed by atoms with Crippen LogP contribution < -0.4 is 11.9 Å². The highest BCUT2D eigenvalue weighted by molar-refractivity contribution is 7.62. The maximum absolute atomic E-state index is 9.47. The molecule has 0 aromatic heterocycles. The van der Waals surface area contributed by atoms with Crippen LogP contribution in [0.1, 0.15) is 0 Å². The smallest absolute Gasteiger partial charge is 0.349 e. The summed E-state index contributed by atoms with van der Waals surface area (Å²) in [6.45, 7) is 0. The molecule has 0 unspecified atom stereocenters. The second-order valence-electron chi connectivity index (χ2n) is 0.647. The number of nitrogens with zero attached hydrogens (tertiary/aromatic N) is 1. The van der Waals surface area contributed by atoms with Gasteiger partial charge in [0.15, 0.2) is 0 Å². The lowest BCUT2D eigenvalue weighted by Gasteiger charge is -1.64. The van der Waals surface area contributed by atoms with Crippen LogP contribution in [0.2, 0.25) is 0 Å². The molecule has 7 heteroatoms. The van der Waals surface area contributed by atoms with Crippen molar-refractivity contribution < 1.29 is 13.2 Å². The summed E-state index contributed by atoms with van der Waals surface area (Å²) in [5.41, 5.74) is 4.29. The van der Waals surface area contributed by atoms with Gasteiger partial charge in [-0.3, -0.25) is 0 Å². The molecule has 0 rings (SSSR count). The average Bonchev–Trinajstić information content (AvgIpc) is 1.27. The first-order chi connectivity index (χ1) is 3.13. The molecular weight excluding hydrogens is 134 g/mol. The number of hydrogen-bond donors (Lipinski definition) is 2. The van der Waals surface area contributed by atoms with Crippen molar-refractivity contribution in [2.45, 2.75) is 0 Å². The van der Waals surface area contributed by atoms with Crippen molar-refractivity contribution in [1.29, 1.82) is 0 Å². The summed E-state index contributed by atoms with van der Waals surface area (Å²) in [7, 11) is -2.70. The molecule has 48 valence electrons. The third-order valence-corrected chi connectivity index (χ3v) is 0.494. The fourth-order valence-electron chi connectivity index (χ4n) is 0.0735. The molecule has 5 N–H and O–H groups in total. The Kier molecular flexibility index (Phi) is 5.33. The first-order valence-electron chi connectivity index (χ1n) is 1.23. The topological polar surface area (TPSA) is 125 Å². The molecule has 0 saturated carbocycles. The van der Waals surface area contributed by atoms with Gasteiger partial charge in [0, 0.05) is 0 Å². The number of hydrogen-bond acceptors (Lipinski definition) is 4. The lowest BCUT2D eigenvalue weighted by atomic mass is 11.2. The van der Waals surface area contributed by atoms with Gasteiger partial charge in [0.25, 0.3) is 0 Å². The molecule has 0 radical (unpaired) electrons. The molecule has 0 aliphatic rings. The van der Waals surface area contributed by atoms with Crippen molar-refractivity contribution >= 4 is 16.5 Å². The van der Waals surface area contributed by atoms with Gasteiger partial charge in [-0.25, -0.2) is 4.79 Å².